The fraction of sp³-hybridized carbons (Fsp3) is 0.176. The Morgan fingerprint density at radius 2 is 1.92 bits per heavy atom. The Bertz CT molecular complexity index is 869. The van der Waals surface area contributed by atoms with Crippen LogP contribution in [-0.4, -0.2) is 36.5 Å². The summed E-state index contributed by atoms with van der Waals surface area (Å²) in [5.74, 6) is 0.379. The summed E-state index contributed by atoms with van der Waals surface area (Å²) >= 11 is 6.15. The van der Waals surface area contributed by atoms with Gasteiger partial charge in [0.2, 0.25) is 6.23 Å². The van der Waals surface area contributed by atoms with Crippen LogP contribution in [0.1, 0.15) is 5.56 Å². The number of rotatable bonds is 2. The standard InChI is InChI=1S/C17H16ClN3O2.ClH/c1-19-16-17(23-2)21(22)15(11-6-4-3-5-7-11)13-10-12(18)8-9-14(13)20-16;/h3-10,17,22H,1-2H3;1H. The molecule has 1 unspecified atom stereocenters. The van der Waals surface area contributed by atoms with E-state index in [2.05, 4.69) is 9.98 Å². The molecule has 0 radical (unpaired) electrons. The zero-order chi connectivity index (χ0) is 16.4. The highest BCUT2D eigenvalue weighted by Gasteiger charge is 2.28. The Morgan fingerprint density at radius 1 is 1.21 bits per heavy atom. The van der Waals surface area contributed by atoms with Gasteiger partial charge in [0.1, 0.15) is 0 Å². The molecule has 2 aromatic rings. The van der Waals surface area contributed by atoms with Gasteiger partial charge in [-0.15, -0.1) is 12.4 Å². The maximum atomic E-state index is 10.8. The van der Waals surface area contributed by atoms with Gasteiger partial charge in [-0.2, -0.15) is 0 Å². The third-order valence-electron chi connectivity index (χ3n) is 3.62. The normalized spacial score (nSPS) is 18.5. The van der Waals surface area contributed by atoms with Gasteiger partial charge in [0.25, 0.3) is 0 Å². The highest BCUT2D eigenvalue weighted by Crippen LogP contribution is 2.19. The van der Waals surface area contributed by atoms with Crippen molar-refractivity contribution in [3.63, 3.8) is 0 Å². The van der Waals surface area contributed by atoms with Gasteiger partial charge in [-0.25, -0.2) is 10.1 Å². The molecule has 24 heavy (non-hydrogen) atoms. The molecule has 1 aliphatic heterocycles. The maximum Gasteiger partial charge on any atom is 0.213 e. The number of hydroxylamine groups is 2. The van der Waals surface area contributed by atoms with E-state index in [1.54, 1.807) is 25.2 Å². The topological polar surface area (TPSA) is 57.4 Å². The Hall–Kier alpha value is -1.92. The zero-order valence-corrected chi connectivity index (χ0v) is 14.8. The highest BCUT2D eigenvalue weighted by molar-refractivity contribution is 6.30. The lowest BCUT2D eigenvalue weighted by Gasteiger charge is -2.26. The quantitative estimate of drug-likeness (QED) is 0.887. The number of halogens is 2. The predicted octanol–water partition coefficient (Wildman–Crippen LogP) is 2.24. The van der Waals surface area contributed by atoms with Crippen LogP contribution in [0.2, 0.25) is 5.02 Å². The number of hydrogen-bond donors (Lipinski definition) is 1. The van der Waals surface area contributed by atoms with Gasteiger partial charge >= 0.3 is 0 Å². The molecule has 7 heteroatoms. The van der Waals surface area contributed by atoms with Crippen LogP contribution in [0.25, 0.3) is 5.70 Å². The van der Waals surface area contributed by atoms with Crippen LogP contribution in [-0.2, 0) is 4.74 Å². The van der Waals surface area contributed by atoms with E-state index in [0.29, 0.717) is 27.1 Å². The summed E-state index contributed by atoms with van der Waals surface area (Å²) in [6, 6.07) is 14.9. The van der Waals surface area contributed by atoms with Crippen LogP contribution in [0, 0.1) is 0 Å². The molecule has 0 aromatic heterocycles. The van der Waals surface area contributed by atoms with Crippen LogP contribution in [0.15, 0.2) is 58.5 Å². The van der Waals surface area contributed by atoms with E-state index in [0.717, 1.165) is 10.6 Å². The molecule has 0 saturated heterocycles. The van der Waals surface area contributed by atoms with Crippen molar-refractivity contribution >= 4 is 35.5 Å². The van der Waals surface area contributed by atoms with Crippen molar-refractivity contribution in [1.29, 1.82) is 0 Å². The lowest BCUT2D eigenvalue weighted by atomic mass is 10.1. The van der Waals surface area contributed by atoms with E-state index in [1.807, 2.05) is 30.3 Å². The third-order valence-corrected chi connectivity index (χ3v) is 3.86. The lowest BCUT2D eigenvalue weighted by Crippen LogP contribution is -2.39. The summed E-state index contributed by atoms with van der Waals surface area (Å²) in [6.45, 7) is 0. The maximum absolute atomic E-state index is 10.8. The van der Waals surface area contributed by atoms with E-state index < -0.39 is 6.23 Å². The number of fused-ring (bicyclic) bond motifs is 1. The molecule has 0 amide bonds. The van der Waals surface area contributed by atoms with Crippen LogP contribution < -0.4 is 10.6 Å². The SMILES string of the molecule is CN=C1N=c2ccc(Cl)cc2=C(c2ccccc2)N(O)C1OC.Cl. The smallest absolute Gasteiger partial charge is 0.213 e. The van der Waals surface area contributed by atoms with E-state index in [9.17, 15) is 5.21 Å². The van der Waals surface area contributed by atoms with E-state index in [1.165, 1.54) is 7.11 Å². The first-order valence-corrected chi connectivity index (χ1v) is 7.45. The molecule has 2 aromatic carbocycles. The van der Waals surface area contributed by atoms with Gasteiger partial charge in [0.15, 0.2) is 5.84 Å². The van der Waals surface area contributed by atoms with Gasteiger partial charge in [0, 0.05) is 30.0 Å². The van der Waals surface area contributed by atoms with E-state index in [4.69, 9.17) is 16.3 Å². The molecule has 0 saturated carbocycles. The number of amidine groups is 1. The van der Waals surface area contributed by atoms with Crippen molar-refractivity contribution in [2.45, 2.75) is 6.23 Å². The molecule has 0 spiro atoms. The minimum absolute atomic E-state index is 0. The largest absolute Gasteiger partial charge is 0.353 e. The number of benzene rings is 2. The van der Waals surface area contributed by atoms with Crippen LogP contribution in [0.5, 0.6) is 0 Å². The van der Waals surface area contributed by atoms with E-state index in [-0.39, 0.29) is 12.4 Å². The van der Waals surface area contributed by atoms with Gasteiger partial charge in [-0.05, 0) is 18.2 Å². The minimum atomic E-state index is -0.804. The van der Waals surface area contributed by atoms with Crippen molar-refractivity contribution in [3.05, 3.63) is 69.7 Å². The van der Waals surface area contributed by atoms with E-state index >= 15 is 0 Å². The molecule has 126 valence electrons. The molecule has 0 bridgehead atoms. The van der Waals surface area contributed by atoms with Crippen molar-refractivity contribution in [2.75, 3.05) is 14.2 Å². The number of hydrogen-bond acceptors (Lipinski definition) is 4. The van der Waals surface area contributed by atoms with Gasteiger partial charge < -0.3 is 4.74 Å². The first kappa shape index (κ1) is 18.4. The van der Waals surface area contributed by atoms with Gasteiger partial charge in [-0.1, -0.05) is 41.9 Å². The summed E-state index contributed by atoms with van der Waals surface area (Å²) in [7, 11) is 3.11. The van der Waals surface area contributed by atoms with Crippen LogP contribution in [0.3, 0.4) is 0 Å². The molecular weight excluding hydrogens is 349 g/mol. The molecule has 3 rings (SSSR count). The first-order valence-electron chi connectivity index (χ1n) is 7.07. The van der Waals surface area contributed by atoms with Gasteiger partial charge in [0.05, 0.1) is 11.1 Å². The molecule has 5 nitrogen and oxygen atoms in total. The van der Waals surface area contributed by atoms with Crippen LogP contribution in [0.4, 0.5) is 0 Å². The molecule has 1 aliphatic rings. The Kier molecular flexibility index (Phi) is 5.96. The lowest BCUT2D eigenvalue weighted by molar-refractivity contribution is -0.130. The molecule has 1 atom stereocenters. The predicted molar refractivity (Wildman–Crippen MR) is 96.2 cm³/mol. The summed E-state index contributed by atoms with van der Waals surface area (Å²) in [5, 5.41) is 13.8. The highest BCUT2D eigenvalue weighted by atomic mass is 35.5. The fourth-order valence-electron chi connectivity index (χ4n) is 2.57. The van der Waals surface area contributed by atoms with Gasteiger partial charge in [-0.3, -0.25) is 10.2 Å². The summed E-state index contributed by atoms with van der Waals surface area (Å²) < 4.78 is 5.40. The monoisotopic (exact) mass is 365 g/mol. The van der Waals surface area contributed by atoms with Crippen molar-refractivity contribution in [3.8, 4) is 0 Å². The van der Waals surface area contributed by atoms with Crippen LogP contribution >= 0.6 is 24.0 Å². The van der Waals surface area contributed by atoms with Crippen molar-refractivity contribution in [2.24, 2.45) is 9.98 Å². The molecule has 0 aliphatic carbocycles. The minimum Gasteiger partial charge on any atom is -0.353 e. The second kappa shape index (κ2) is 7.77. The Balaban J connectivity index is 0.00000208. The molecule has 1 heterocycles. The first-order chi connectivity index (χ1) is 11.2. The fourth-order valence-corrected chi connectivity index (χ4v) is 2.75. The van der Waals surface area contributed by atoms with Crippen molar-refractivity contribution < 1.29 is 9.94 Å². The summed E-state index contributed by atoms with van der Waals surface area (Å²) in [4.78, 5) is 8.66. The molecule has 1 N–H and O–H groups in total. The van der Waals surface area contributed by atoms with Crippen molar-refractivity contribution in [1.82, 2.24) is 5.06 Å². The zero-order valence-electron chi connectivity index (χ0n) is 13.2. The third kappa shape index (κ3) is 3.30. The number of aliphatic imine (C=N–C) groups is 1. The second-order valence-corrected chi connectivity index (χ2v) is 5.44. The summed E-state index contributed by atoms with van der Waals surface area (Å²) in [6.07, 6.45) is -0.804. The number of ether oxygens (including phenoxy) is 1. The number of nitrogens with zero attached hydrogens (tertiary/aromatic N) is 3. The average Bonchev–Trinajstić information content (AvgIpc) is 2.68. The second-order valence-electron chi connectivity index (χ2n) is 5.00. The molecule has 0 fully saturated rings. The Morgan fingerprint density at radius 3 is 2.54 bits per heavy atom. The molecular formula is C17H17Cl2N3O2. The average molecular weight is 366 g/mol. The number of methoxy groups -OCH3 is 1. The summed E-state index contributed by atoms with van der Waals surface area (Å²) in [5.41, 5.74) is 1.39. The Labute approximate surface area is 150 Å².